The van der Waals surface area contributed by atoms with Crippen LogP contribution in [0.4, 0.5) is 0 Å². The first-order chi connectivity index (χ1) is 9.74. The number of aromatic hydroxyl groups is 1. The summed E-state index contributed by atoms with van der Waals surface area (Å²) in [5.74, 6) is 1.21. The molecule has 0 heterocycles. The lowest BCUT2D eigenvalue weighted by Crippen LogP contribution is -2.20. The second kappa shape index (κ2) is 6.96. The van der Waals surface area contributed by atoms with E-state index in [9.17, 15) is 5.11 Å². The second-order valence-corrected chi connectivity index (χ2v) is 4.75. The number of benzene rings is 2. The fraction of sp³-hybridized carbons (Fsp3) is 0.294. The molecule has 2 rings (SSSR count). The van der Waals surface area contributed by atoms with Crippen LogP contribution in [0.2, 0.25) is 0 Å². The van der Waals surface area contributed by atoms with Crippen LogP contribution >= 0.6 is 0 Å². The summed E-state index contributed by atoms with van der Waals surface area (Å²) in [6, 6.07) is 15.6. The molecule has 1 unspecified atom stereocenters. The molecule has 3 heteroatoms. The van der Waals surface area contributed by atoms with Gasteiger partial charge in [0, 0.05) is 18.2 Å². The maximum atomic E-state index is 9.29. The van der Waals surface area contributed by atoms with E-state index >= 15 is 0 Å². The first kappa shape index (κ1) is 14.4. The van der Waals surface area contributed by atoms with E-state index in [0.717, 1.165) is 24.3 Å². The summed E-state index contributed by atoms with van der Waals surface area (Å²) in [7, 11) is 1.70. The molecule has 0 aliphatic rings. The topological polar surface area (TPSA) is 41.5 Å². The molecule has 0 saturated carbocycles. The number of phenols is 1. The Labute approximate surface area is 120 Å². The van der Waals surface area contributed by atoms with Crippen LogP contribution in [0.1, 0.15) is 30.5 Å². The van der Waals surface area contributed by atoms with Gasteiger partial charge in [-0.25, -0.2) is 0 Å². The predicted octanol–water partition coefficient (Wildman–Crippen LogP) is 3.64. The van der Waals surface area contributed by atoms with Crippen molar-refractivity contribution < 1.29 is 9.84 Å². The van der Waals surface area contributed by atoms with E-state index in [2.05, 4.69) is 18.3 Å². The zero-order chi connectivity index (χ0) is 14.4. The van der Waals surface area contributed by atoms with Gasteiger partial charge in [-0.15, -0.1) is 0 Å². The summed E-state index contributed by atoms with van der Waals surface area (Å²) < 4.78 is 5.42. The Kier molecular flexibility index (Phi) is 5.02. The molecule has 106 valence electrons. The third kappa shape index (κ3) is 3.52. The number of hydrogen-bond donors (Lipinski definition) is 2. The van der Waals surface area contributed by atoms with Gasteiger partial charge in [0.15, 0.2) is 0 Å². The number of hydrogen-bond acceptors (Lipinski definition) is 3. The molecule has 3 nitrogen and oxygen atoms in total. The third-order valence-corrected chi connectivity index (χ3v) is 3.41. The Morgan fingerprint density at radius 2 is 1.80 bits per heavy atom. The normalized spacial score (nSPS) is 12.1. The fourth-order valence-corrected chi connectivity index (χ4v) is 2.28. The van der Waals surface area contributed by atoms with Crippen LogP contribution in [-0.2, 0) is 6.54 Å². The molecule has 0 bridgehead atoms. The van der Waals surface area contributed by atoms with Crippen LogP contribution in [0, 0.1) is 0 Å². The van der Waals surface area contributed by atoms with Crippen molar-refractivity contribution >= 4 is 0 Å². The third-order valence-electron chi connectivity index (χ3n) is 3.41. The second-order valence-electron chi connectivity index (χ2n) is 4.75. The quantitative estimate of drug-likeness (QED) is 0.842. The molecule has 0 aliphatic carbocycles. The van der Waals surface area contributed by atoms with Crippen LogP contribution in [0.3, 0.4) is 0 Å². The average Bonchev–Trinajstić information content (AvgIpc) is 2.50. The van der Waals surface area contributed by atoms with Gasteiger partial charge in [-0.1, -0.05) is 37.3 Å². The van der Waals surface area contributed by atoms with Crippen molar-refractivity contribution in [3.63, 3.8) is 0 Å². The highest BCUT2D eigenvalue weighted by atomic mass is 16.5. The number of para-hydroxylation sites is 1. The van der Waals surface area contributed by atoms with E-state index in [-0.39, 0.29) is 6.04 Å². The molecule has 0 fully saturated rings. The number of methoxy groups -OCH3 is 1. The van der Waals surface area contributed by atoms with Crippen molar-refractivity contribution in [3.05, 3.63) is 59.7 Å². The van der Waals surface area contributed by atoms with Crippen LogP contribution in [0.25, 0.3) is 0 Å². The molecule has 2 aromatic rings. The number of phenolic OH excluding ortho intramolecular Hbond substituents is 1. The van der Waals surface area contributed by atoms with Gasteiger partial charge in [0.05, 0.1) is 7.11 Å². The van der Waals surface area contributed by atoms with Crippen molar-refractivity contribution in [3.8, 4) is 11.5 Å². The highest BCUT2D eigenvalue weighted by Crippen LogP contribution is 2.27. The summed E-state index contributed by atoms with van der Waals surface area (Å²) in [6.45, 7) is 2.91. The van der Waals surface area contributed by atoms with Crippen molar-refractivity contribution in [2.75, 3.05) is 7.11 Å². The molecule has 0 amide bonds. The summed E-state index contributed by atoms with van der Waals surface area (Å²) in [4.78, 5) is 0. The van der Waals surface area contributed by atoms with Crippen molar-refractivity contribution in [2.24, 2.45) is 0 Å². The van der Waals surface area contributed by atoms with Crippen molar-refractivity contribution in [1.82, 2.24) is 5.32 Å². The van der Waals surface area contributed by atoms with E-state index in [1.54, 1.807) is 19.2 Å². The molecular formula is C17H21NO2. The van der Waals surface area contributed by atoms with Crippen LogP contribution < -0.4 is 10.1 Å². The minimum absolute atomic E-state index is 0.250. The monoisotopic (exact) mass is 271 g/mol. The van der Waals surface area contributed by atoms with Crippen LogP contribution in [0.15, 0.2) is 48.5 Å². The predicted molar refractivity (Wildman–Crippen MR) is 81.0 cm³/mol. The smallest absolute Gasteiger partial charge is 0.123 e. The number of nitrogens with one attached hydrogen (secondary N) is 1. The fourth-order valence-electron chi connectivity index (χ4n) is 2.28. The van der Waals surface area contributed by atoms with E-state index in [1.165, 1.54) is 5.56 Å². The van der Waals surface area contributed by atoms with Gasteiger partial charge >= 0.3 is 0 Å². The largest absolute Gasteiger partial charge is 0.508 e. The minimum atomic E-state index is 0.250. The SMILES string of the molecule is CCC(NCc1ccc(O)cc1)c1ccccc1OC. The van der Waals surface area contributed by atoms with Gasteiger partial charge in [-0.3, -0.25) is 0 Å². The zero-order valence-electron chi connectivity index (χ0n) is 12.0. The van der Waals surface area contributed by atoms with Gasteiger partial charge in [0.1, 0.15) is 11.5 Å². The van der Waals surface area contributed by atoms with Gasteiger partial charge in [0.25, 0.3) is 0 Å². The van der Waals surface area contributed by atoms with E-state index in [4.69, 9.17) is 4.74 Å². The highest BCUT2D eigenvalue weighted by Gasteiger charge is 2.13. The van der Waals surface area contributed by atoms with Gasteiger partial charge in [-0.2, -0.15) is 0 Å². The van der Waals surface area contributed by atoms with E-state index in [0.29, 0.717) is 5.75 Å². The molecule has 2 aromatic carbocycles. The summed E-state index contributed by atoms with van der Waals surface area (Å²) in [5.41, 5.74) is 2.33. The zero-order valence-corrected chi connectivity index (χ0v) is 12.0. The Hall–Kier alpha value is -2.00. The van der Waals surface area contributed by atoms with E-state index < -0.39 is 0 Å². The Morgan fingerprint density at radius 3 is 2.45 bits per heavy atom. The van der Waals surface area contributed by atoms with Crippen LogP contribution in [-0.4, -0.2) is 12.2 Å². The molecule has 0 spiro atoms. The number of rotatable bonds is 6. The van der Waals surface area contributed by atoms with Gasteiger partial charge < -0.3 is 15.2 Å². The Bertz CT molecular complexity index is 537. The first-order valence-corrected chi connectivity index (χ1v) is 6.88. The maximum absolute atomic E-state index is 9.29. The molecule has 20 heavy (non-hydrogen) atoms. The summed E-state index contributed by atoms with van der Waals surface area (Å²) in [6.07, 6.45) is 0.985. The molecular weight excluding hydrogens is 250 g/mol. The lowest BCUT2D eigenvalue weighted by atomic mass is 10.0. The molecule has 0 saturated heterocycles. The molecule has 0 aliphatic heterocycles. The summed E-state index contributed by atoms with van der Waals surface area (Å²) >= 11 is 0. The Morgan fingerprint density at radius 1 is 1.10 bits per heavy atom. The first-order valence-electron chi connectivity index (χ1n) is 6.88. The maximum Gasteiger partial charge on any atom is 0.123 e. The lowest BCUT2D eigenvalue weighted by molar-refractivity contribution is 0.396. The van der Waals surface area contributed by atoms with Crippen molar-refractivity contribution in [2.45, 2.75) is 25.9 Å². The van der Waals surface area contributed by atoms with Gasteiger partial charge in [0.2, 0.25) is 0 Å². The highest BCUT2D eigenvalue weighted by molar-refractivity contribution is 5.36. The summed E-state index contributed by atoms with van der Waals surface area (Å²) in [5, 5.41) is 12.8. The average molecular weight is 271 g/mol. The Balaban J connectivity index is 2.07. The standard InChI is InChI=1S/C17H21NO2/c1-3-16(15-6-4-5-7-17(15)20-2)18-12-13-8-10-14(19)11-9-13/h4-11,16,18-19H,3,12H2,1-2H3. The molecule has 2 N–H and O–H groups in total. The van der Waals surface area contributed by atoms with Gasteiger partial charge in [-0.05, 0) is 30.2 Å². The molecule has 0 aromatic heterocycles. The molecule has 1 atom stereocenters. The van der Waals surface area contributed by atoms with E-state index in [1.807, 2.05) is 30.3 Å². The number of ether oxygens (including phenoxy) is 1. The molecule has 0 radical (unpaired) electrons. The van der Waals surface area contributed by atoms with Crippen LogP contribution in [0.5, 0.6) is 11.5 Å². The van der Waals surface area contributed by atoms with Crippen molar-refractivity contribution in [1.29, 1.82) is 0 Å². The lowest BCUT2D eigenvalue weighted by Gasteiger charge is -2.20. The minimum Gasteiger partial charge on any atom is -0.508 e.